The van der Waals surface area contributed by atoms with Crippen LogP contribution >= 0.6 is 11.3 Å². The lowest BCUT2D eigenvalue weighted by molar-refractivity contribution is 0.673. The average Bonchev–Trinajstić information content (AvgIpc) is 3.48. The monoisotopic (exact) mass is 476 g/mol. The van der Waals surface area contributed by atoms with Gasteiger partial charge in [-0.25, -0.2) is 0 Å². The van der Waals surface area contributed by atoms with Crippen LogP contribution in [0.15, 0.2) is 126 Å². The van der Waals surface area contributed by atoms with Crippen LogP contribution in [-0.2, 0) is 0 Å². The molecule has 0 spiro atoms. The van der Waals surface area contributed by atoms with Crippen LogP contribution in [0.2, 0.25) is 0 Å². The largest absolute Gasteiger partial charge is 0.454 e. The van der Waals surface area contributed by atoms with Gasteiger partial charge < -0.3 is 4.42 Å². The molecule has 0 aliphatic rings. The SMILES string of the molecule is c1ccc(-c2c3ccccc3c(-c3cccc4sc5c6ccccc6oc5c34)c3ccccc23)cc1. The Labute approximate surface area is 211 Å². The van der Waals surface area contributed by atoms with Gasteiger partial charge in [0.1, 0.15) is 5.58 Å². The Morgan fingerprint density at radius 2 is 1.06 bits per heavy atom. The average molecular weight is 477 g/mol. The molecule has 0 unspecified atom stereocenters. The highest BCUT2D eigenvalue weighted by Crippen LogP contribution is 2.49. The fraction of sp³-hybridized carbons (Fsp3) is 0. The van der Waals surface area contributed by atoms with E-state index in [9.17, 15) is 0 Å². The number of rotatable bonds is 2. The van der Waals surface area contributed by atoms with E-state index in [2.05, 4.69) is 115 Å². The first-order chi connectivity index (χ1) is 17.9. The Kier molecular flexibility index (Phi) is 4.16. The fourth-order valence-corrected chi connectivity index (χ4v) is 6.98. The van der Waals surface area contributed by atoms with E-state index in [-0.39, 0.29) is 0 Å². The molecule has 2 heterocycles. The van der Waals surface area contributed by atoms with Gasteiger partial charge in [0, 0.05) is 15.5 Å². The molecule has 0 bridgehead atoms. The van der Waals surface area contributed by atoms with Gasteiger partial charge in [0.2, 0.25) is 0 Å². The van der Waals surface area contributed by atoms with E-state index in [0.29, 0.717) is 0 Å². The minimum absolute atomic E-state index is 0.949. The summed E-state index contributed by atoms with van der Waals surface area (Å²) < 4.78 is 8.98. The van der Waals surface area contributed by atoms with Crippen molar-refractivity contribution >= 4 is 64.2 Å². The van der Waals surface area contributed by atoms with Gasteiger partial charge in [-0.2, -0.15) is 0 Å². The van der Waals surface area contributed by atoms with Crippen LogP contribution in [0.25, 0.3) is 75.1 Å². The van der Waals surface area contributed by atoms with Crippen LogP contribution in [-0.4, -0.2) is 0 Å². The Morgan fingerprint density at radius 3 is 1.75 bits per heavy atom. The van der Waals surface area contributed by atoms with Crippen molar-refractivity contribution in [2.24, 2.45) is 0 Å². The molecule has 36 heavy (non-hydrogen) atoms. The summed E-state index contributed by atoms with van der Waals surface area (Å²) in [4.78, 5) is 0. The summed E-state index contributed by atoms with van der Waals surface area (Å²) in [5.41, 5.74) is 6.97. The summed E-state index contributed by atoms with van der Waals surface area (Å²) >= 11 is 1.82. The van der Waals surface area contributed by atoms with Crippen molar-refractivity contribution in [2.75, 3.05) is 0 Å². The molecule has 0 fully saturated rings. The smallest absolute Gasteiger partial charge is 0.154 e. The number of para-hydroxylation sites is 1. The third kappa shape index (κ3) is 2.71. The molecule has 0 aliphatic heterocycles. The quantitative estimate of drug-likeness (QED) is 0.226. The highest BCUT2D eigenvalue weighted by Gasteiger charge is 2.21. The molecule has 2 heteroatoms. The van der Waals surface area contributed by atoms with E-state index >= 15 is 0 Å². The molecule has 0 radical (unpaired) electrons. The third-order valence-electron chi connectivity index (χ3n) is 7.28. The summed E-state index contributed by atoms with van der Waals surface area (Å²) in [5, 5.41) is 7.46. The van der Waals surface area contributed by atoms with Gasteiger partial charge in [-0.15, -0.1) is 11.3 Å². The highest BCUT2D eigenvalue weighted by molar-refractivity contribution is 7.26. The zero-order chi connectivity index (χ0) is 23.6. The maximum atomic E-state index is 6.50. The Balaban J connectivity index is 1.58. The van der Waals surface area contributed by atoms with Crippen molar-refractivity contribution < 1.29 is 4.42 Å². The summed E-state index contributed by atoms with van der Waals surface area (Å²) in [6, 6.07) is 43.4. The Morgan fingerprint density at radius 1 is 0.472 bits per heavy atom. The van der Waals surface area contributed by atoms with Gasteiger partial charge in [-0.1, -0.05) is 103 Å². The number of fused-ring (bicyclic) bond motifs is 7. The van der Waals surface area contributed by atoms with Gasteiger partial charge in [-0.05, 0) is 62.0 Å². The number of hydrogen-bond donors (Lipinski definition) is 0. The van der Waals surface area contributed by atoms with Gasteiger partial charge in [-0.3, -0.25) is 0 Å². The molecule has 2 aromatic heterocycles. The van der Waals surface area contributed by atoms with Crippen LogP contribution in [0, 0.1) is 0 Å². The first kappa shape index (κ1) is 19.9. The molecular formula is C34H20OS. The molecule has 0 saturated carbocycles. The molecule has 168 valence electrons. The number of thiophene rings is 1. The zero-order valence-corrected chi connectivity index (χ0v) is 20.2. The molecule has 0 amide bonds. The first-order valence-electron chi connectivity index (χ1n) is 12.2. The number of furan rings is 1. The molecule has 0 N–H and O–H groups in total. The second-order valence-electron chi connectivity index (χ2n) is 9.24. The lowest BCUT2D eigenvalue weighted by atomic mass is 9.85. The van der Waals surface area contributed by atoms with Crippen LogP contribution in [0.5, 0.6) is 0 Å². The number of benzene rings is 6. The number of hydrogen-bond acceptors (Lipinski definition) is 2. The van der Waals surface area contributed by atoms with Gasteiger partial charge in [0.25, 0.3) is 0 Å². The molecule has 8 aromatic rings. The molecule has 8 rings (SSSR count). The zero-order valence-electron chi connectivity index (χ0n) is 19.4. The lowest BCUT2D eigenvalue weighted by Crippen LogP contribution is -1.91. The van der Waals surface area contributed by atoms with Crippen LogP contribution in [0.1, 0.15) is 0 Å². The van der Waals surface area contributed by atoms with E-state index in [0.717, 1.165) is 11.2 Å². The van der Waals surface area contributed by atoms with Crippen molar-refractivity contribution in [3.63, 3.8) is 0 Å². The van der Waals surface area contributed by atoms with Gasteiger partial charge >= 0.3 is 0 Å². The summed E-state index contributed by atoms with van der Waals surface area (Å²) in [7, 11) is 0. The Hall–Kier alpha value is -4.40. The van der Waals surface area contributed by atoms with Crippen LogP contribution < -0.4 is 0 Å². The minimum Gasteiger partial charge on any atom is -0.454 e. The van der Waals surface area contributed by atoms with Gasteiger partial charge in [0.05, 0.1) is 4.70 Å². The second kappa shape index (κ2) is 7.55. The molecule has 0 aliphatic carbocycles. The minimum atomic E-state index is 0.949. The van der Waals surface area contributed by atoms with Crippen molar-refractivity contribution in [3.8, 4) is 22.3 Å². The van der Waals surface area contributed by atoms with E-state index in [4.69, 9.17) is 4.42 Å². The predicted octanol–water partition coefficient (Wildman–Crippen LogP) is 10.4. The molecule has 0 atom stereocenters. The standard InChI is InChI=1S/C34H20OS/c1-2-11-21(12-3-1)30-22-13-4-6-15-24(22)31(25-16-7-5-14-23(25)30)27-18-10-20-29-32(27)33-34(36-29)26-17-8-9-19-28(26)35-33/h1-20H. The van der Waals surface area contributed by atoms with E-state index in [1.807, 2.05) is 17.4 Å². The van der Waals surface area contributed by atoms with E-state index < -0.39 is 0 Å². The summed E-state index contributed by atoms with van der Waals surface area (Å²) in [5.74, 6) is 0. The molecular weight excluding hydrogens is 456 g/mol. The summed E-state index contributed by atoms with van der Waals surface area (Å²) in [6.07, 6.45) is 0. The topological polar surface area (TPSA) is 13.1 Å². The van der Waals surface area contributed by atoms with Crippen LogP contribution in [0.4, 0.5) is 0 Å². The fourth-order valence-electron chi connectivity index (χ4n) is 5.79. The maximum Gasteiger partial charge on any atom is 0.154 e. The van der Waals surface area contributed by atoms with Crippen molar-refractivity contribution in [1.29, 1.82) is 0 Å². The van der Waals surface area contributed by atoms with Crippen LogP contribution in [0.3, 0.4) is 0 Å². The van der Waals surface area contributed by atoms with E-state index in [1.54, 1.807) is 0 Å². The third-order valence-corrected chi connectivity index (χ3v) is 8.45. The predicted molar refractivity (Wildman–Crippen MR) is 155 cm³/mol. The highest BCUT2D eigenvalue weighted by atomic mass is 32.1. The Bertz CT molecular complexity index is 2040. The van der Waals surface area contributed by atoms with Gasteiger partial charge in [0.15, 0.2) is 5.58 Å². The molecule has 6 aromatic carbocycles. The maximum absolute atomic E-state index is 6.50. The molecule has 0 saturated heterocycles. The van der Waals surface area contributed by atoms with Crippen molar-refractivity contribution in [2.45, 2.75) is 0 Å². The van der Waals surface area contributed by atoms with E-state index in [1.165, 1.54) is 64.0 Å². The second-order valence-corrected chi connectivity index (χ2v) is 10.3. The van der Waals surface area contributed by atoms with Crippen molar-refractivity contribution in [1.82, 2.24) is 0 Å². The van der Waals surface area contributed by atoms with Crippen molar-refractivity contribution in [3.05, 3.63) is 121 Å². The molecule has 1 nitrogen and oxygen atoms in total. The lowest BCUT2D eigenvalue weighted by Gasteiger charge is -2.18. The first-order valence-corrected chi connectivity index (χ1v) is 13.0. The summed E-state index contributed by atoms with van der Waals surface area (Å²) in [6.45, 7) is 0. The normalized spacial score (nSPS) is 11.9.